The highest BCUT2D eigenvalue weighted by molar-refractivity contribution is 6.04. The van der Waals surface area contributed by atoms with E-state index in [-0.39, 0.29) is 17.5 Å². The van der Waals surface area contributed by atoms with Gasteiger partial charge in [-0.15, -0.1) is 0 Å². The van der Waals surface area contributed by atoms with Crippen molar-refractivity contribution in [1.82, 2.24) is 19.5 Å². The SMILES string of the molecule is COc1ccc(-c2ccnc3cc(C(=O)Nc4ccc(C(=O)N5CCCC5)cc4)nn23)cc1OC. The third kappa shape index (κ3) is 4.40. The number of aromatic nitrogens is 3. The Morgan fingerprint density at radius 3 is 2.37 bits per heavy atom. The van der Waals surface area contributed by atoms with Gasteiger partial charge in [0, 0.05) is 42.2 Å². The summed E-state index contributed by atoms with van der Waals surface area (Å²) in [5.74, 6) is 0.865. The van der Waals surface area contributed by atoms with Crippen molar-refractivity contribution in [2.45, 2.75) is 12.8 Å². The number of rotatable bonds is 6. The summed E-state index contributed by atoms with van der Waals surface area (Å²) in [4.78, 5) is 31.6. The maximum atomic E-state index is 12.9. The van der Waals surface area contributed by atoms with Gasteiger partial charge in [-0.2, -0.15) is 5.10 Å². The minimum atomic E-state index is -0.368. The molecule has 9 nitrogen and oxygen atoms in total. The summed E-state index contributed by atoms with van der Waals surface area (Å²) >= 11 is 0. The Hall–Kier alpha value is -4.40. The summed E-state index contributed by atoms with van der Waals surface area (Å²) in [6.45, 7) is 1.59. The van der Waals surface area contributed by atoms with Gasteiger partial charge in [0.15, 0.2) is 22.8 Å². The zero-order valence-corrected chi connectivity index (χ0v) is 19.5. The van der Waals surface area contributed by atoms with Gasteiger partial charge in [-0.3, -0.25) is 9.59 Å². The molecule has 1 aliphatic rings. The highest BCUT2D eigenvalue weighted by Crippen LogP contribution is 2.32. The smallest absolute Gasteiger partial charge is 0.276 e. The van der Waals surface area contributed by atoms with Gasteiger partial charge in [0.2, 0.25) is 0 Å². The first-order chi connectivity index (χ1) is 17.1. The highest BCUT2D eigenvalue weighted by atomic mass is 16.5. The van der Waals surface area contributed by atoms with Crippen LogP contribution >= 0.6 is 0 Å². The van der Waals surface area contributed by atoms with Gasteiger partial charge in [0.1, 0.15) is 0 Å². The van der Waals surface area contributed by atoms with Crippen LogP contribution in [0.2, 0.25) is 0 Å². The number of benzene rings is 2. The molecule has 1 fully saturated rings. The first-order valence-corrected chi connectivity index (χ1v) is 11.4. The number of likely N-dealkylation sites (tertiary alicyclic amines) is 1. The second kappa shape index (κ2) is 9.46. The number of nitrogens with zero attached hydrogens (tertiary/aromatic N) is 4. The zero-order valence-electron chi connectivity index (χ0n) is 19.5. The van der Waals surface area contributed by atoms with Crippen LogP contribution in [0.15, 0.2) is 60.8 Å². The molecule has 1 N–H and O–H groups in total. The lowest BCUT2D eigenvalue weighted by atomic mass is 10.1. The van der Waals surface area contributed by atoms with Crippen LogP contribution in [0.3, 0.4) is 0 Å². The molecule has 0 radical (unpaired) electrons. The van der Waals surface area contributed by atoms with E-state index in [1.54, 1.807) is 55.3 Å². The molecule has 2 amide bonds. The van der Waals surface area contributed by atoms with E-state index in [1.807, 2.05) is 29.2 Å². The quantitative estimate of drug-likeness (QED) is 0.458. The Morgan fingerprint density at radius 2 is 1.66 bits per heavy atom. The van der Waals surface area contributed by atoms with E-state index in [1.165, 1.54) is 0 Å². The Kier molecular flexibility index (Phi) is 6.05. The molecule has 0 unspecified atom stereocenters. The Bertz CT molecular complexity index is 1390. The number of hydrogen-bond donors (Lipinski definition) is 1. The van der Waals surface area contributed by atoms with Crippen LogP contribution in [-0.2, 0) is 0 Å². The molecule has 9 heteroatoms. The number of nitrogens with one attached hydrogen (secondary N) is 1. The predicted molar refractivity (Wildman–Crippen MR) is 131 cm³/mol. The van der Waals surface area contributed by atoms with E-state index in [0.717, 1.165) is 37.2 Å². The van der Waals surface area contributed by atoms with E-state index in [9.17, 15) is 9.59 Å². The molecule has 0 spiro atoms. The van der Waals surface area contributed by atoms with E-state index in [0.29, 0.717) is 28.4 Å². The third-order valence-corrected chi connectivity index (χ3v) is 6.05. The molecule has 0 bridgehead atoms. The number of methoxy groups -OCH3 is 2. The fourth-order valence-corrected chi connectivity index (χ4v) is 4.21. The van der Waals surface area contributed by atoms with E-state index >= 15 is 0 Å². The van der Waals surface area contributed by atoms with Crippen molar-refractivity contribution in [2.75, 3.05) is 32.6 Å². The van der Waals surface area contributed by atoms with Crippen LogP contribution < -0.4 is 14.8 Å². The van der Waals surface area contributed by atoms with Gasteiger partial charge < -0.3 is 19.7 Å². The lowest BCUT2D eigenvalue weighted by molar-refractivity contribution is 0.0792. The molecule has 0 saturated carbocycles. The summed E-state index contributed by atoms with van der Waals surface area (Å²) in [5.41, 5.74) is 3.54. The lowest BCUT2D eigenvalue weighted by Gasteiger charge is -2.15. The first-order valence-electron chi connectivity index (χ1n) is 11.4. The van der Waals surface area contributed by atoms with Crippen LogP contribution in [0, 0.1) is 0 Å². The average Bonchev–Trinajstić information content (AvgIpc) is 3.58. The number of hydrogen-bond acceptors (Lipinski definition) is 6. The summed E-state index contributed by atoms with van der Waals surface area (Å²) in [5, 5.41) is 7.33. The number of carbonyl (C=O) groups is 2. The molecule has 2 aromatic carbocycles. The average molecular weight is 472 g/mol. The van der Waals surface area contributed by atoms with Crippen LogP contribution in [0.4, 0.5) is 5.69 Å². The maximum Gasteiger partial charge on any atom is 0.276 e. The molecular weight excluding hydrogens is 446 g/mol. The Morgan fingerprint density at radius 1 is 0.914 bits per heavy atom. The van der Waals surface area contributed by atoms with Gasteiger partial charge in [-0.05, 0) is 61.4 Å². The molecule has 1 saturated heterocycles. The van der Waals surface area contributed by atoms with E-state index < -0.39 is 0 Å². The topological polar surface area (TPSA) is 98.1 Å². The molecule has 5 rings (SSSR count). The molecule has 1 aliphatic heterocycles. The highest BCUT2D eigenvalue weighted by Gasteiger charge is 2.20. The van der Waals surface area contributed by atoms with Crippen molar-refractivity contribution >= 4 is 23.1 Å². The first kappa shape index (κ1) is 22.4. The van der Waals surface area contributed by atoms with Gasteiger partial charge >= 0.3 is 0 Å². The van der Waals surface area contributed by atoms with Crippen LogP contribution in [0.5, 0.6) is 11.5 Å². The van der Waals surface area contributed by atoms with Gasteiger partial charge in [-0.25, -0.2) is 9.50 Å². The fraction of sp³-hybridized carbons (Fsp3) is 0.231. The number of anilines is 1. The van der Waals surface area contributed by atoms with E-state index in [2.05, 4.69) is 15.4 Å². The Labute approximate surface area is 202 Å². The van der Waals surface area contributed by atoms with Crippen LogP contribution in [0.1, 0.15) is 33.7 Å². The largest absolute Gasteiger partial charge is 0.493 e. The molecule has 4 aromatic rings. The van der Waals surface area contributed by atoms with Crippen molar-refractivity contribution < 1.29 is 19.1 Å². The normalized spacial score (nSPS) is 13.1. The van der Waals surface area contributed by atoms with Gasteiger partial charge in [-0.1, -0.05) is 0 Å². The van der Waals surface area contributed by atoms with Gasteiger partial charge in [0.25, 0.3) is 11.8 Å². The standard InChI is InChI=1S/C26H25N5O4/c1-34-22-10-7-18(15-23(22)35-2)21-11-12-27-24-16-20(29-31(21)24)25(32)28-19-8-5-17(6-9-19)26(33)30-13-3-4-14-30/h5-12,15-16H,3-4,13-14H2,1-2H3,(H,28,32). The maximum absolute atomic E-state index is 12.9. The summed E-state index contributed by atoms with van der Waals surface area (Å²) < 4.78 is 12.4. The molecule has 0 aliphatic carbocycles. The van der Waals surface area contributed by atoms with Crippen LogP contribution in [-0.4, -0.2) is 58.6 Å². The third-order valence-electron chi connectivity index (χ3n) is 6.05. The minimum Gasteiger partial charge on any atom is -0.493 e. The van der Waals surface area contributed by atoms with Crippen molar-refractivity contribution in [1.29, 1.82) is 0 Å². The molecule has 2 aromatic heterocycles. The molecular formula is C26H25N5O4. The lowest BCUT2D eigenvalue weighted by Crippen LogP contribution is -2.27. The summed E-state index contributed by atoms with van der Waals surface area (Å²) in [7, 11) is 3.16. The van der Waals surface area contributed by atoms with Crippen molar-refractivity contribution in [3.63, 3.8) is 0 Å². The minimum absolute atomic E-state index is 0.0227. The van der Waals surface area contributed by atoms with Crippen LogP contribution in [0.25, 0.3) is 16.9 Å². The second-order valence-electron chi connectivity index (χ2n) is 8.23. The zero-order chi connectivity index (χ0) is 24.4. The number of amides is 2. The van der Waals surface area contributed by atoms with Crippen molar-refractivity contribution in [2.24, 2.45) is 0 Å². The van der Waals surface area contributed by atoms with Crippen molar-refractivity contribution in [3.8, 4) is 22.8 Å². The predicted octanol–water partition coefficient (Wildman–Crippen LogP) is 3.90. The molecule has 3 heterocycles. The second-order valence-corrected chi connectivity index (χ2v) is 8.23. The van der Waals surface area contributed by atoms with Gasteiger partial charge in [0.05, 0.1) is 19.9 Å². The number of fused-ring (bicyclic) bond motifs is 1. The fourth-order valence-electron chi connectivity index (χ4n) is 4.21. The molecule has 178 valence electrons. The summed E-state index contributed by atoms with van der Waals surface area (Å²) in [6.07, 6.45) is 3.75. The Balaban J connectivity index is 1.37. The monoisotopic (exact) mass is 471 g/mol. The molecule has 0 atom stereocenters. The van der Waals surface area contributed by atoms with Crippen molar-refractivity contribution in [3.05, 3.63) is 72.1 Å². The summed E-state index contributed by atoms with van der Waals surface area (Å²) in [6, 6.07) is 15.9. The molecule has 35 heavy (non-hydrogen) atoms. The number of carbonyl (C=O) groups excluding carboxylic acids is 2. The number of ether oxygens (including phenoxy) is 2. The van der Waals surface area contributed by atoms with E-state index in [4.69, 9.17) is 9.47 Å².